The number of hydrogen-bond acceptors (Lipinski definition) is 7. The van der Waals surface area contributed by atoms with Gasteiger partial charge >= 0.3 is 0 Å². The van der Waals surface area contributed by atoms with Gasteiger partial charge in [0.15, 0.2) is 16.6 Å². The second kappa shape index (κ2) is 8.27. The number of anilines is 1. The van der Waals surface area contributed by atoms with E-state index in [1.807, 2.05) is 11.6 Å². The molecular formula is C18H23N3O4S. The summed E-state index contributed by atoms with van der Waals surface area (Å²) in [5.41, 5.74) is 0.438. The Labute approximate surface area is 156 Å². The number of ether oxygens (including phenoxy) is 3. The van der Waals surface area contributed by atoms with E-state index in [-0.39, 0.29) is 11.9 Å². The molecule has 0 bridgehead atoms. The first-order valence-corrected chi connectivity index (χ1v) is 9.30. The third-order valence-corrected chi connectivity index (χ3v) is 5.30. The van der Waals surface area contributed by atoms with Crippen LogP contribution in [0.25, 0.3) is 0 Å². The lowest BCUT2D eigenvalue weighted by atomic mass is 10.0. The molecule has 1 aromatic heterocycles. The predicted octanol–water partition coefficient (Wildman–Crippen LogP) is 2.57. The van der Waals surface area contributed by atoms with Crippen LogP contribution in [0.2, 0.25) is 0 Å². The molecule has 3 rings (SSSR count). The number of amides is 1. The molecule has 0 saturated carbocycles. The van der Waals surface area contributed by atoms with Gasteiger partial charge in [0.1, 0.15) is 0 Å². The second-order valence-corrected chi connectivity index (χ2v) is 6.80. The van der Waals surface area contributed by atoms with Gasteiger partial charge in [-0.05, 0) is 25.0 Å². The summed E-state index contributed by atoms with van der Waals surface area (Å²) in [5.74, 6) is 1.15. The van der Waals surface area contributed by atoms with E-state index in [4.69, 9.17) is 14.2 Å². The maximum absolute atomic E-state index is 12.8. The van der Waals surface area contributed by atoms with E-state index in [1.165, 1.54) is 14.2 Å². The standard InChI is InChI=1S/C18H23N3O4S/c1-23-14-5-4-13(15(24-2)16(14)25-3)17(22)20-12-6-9-21(10-7-12)18-19-8-11-26-18/h4-5,8,11-12H,6-7,9-10H2,1-3H3,(H,20,22). The number of methoxy groups -OCH3 is 3. The van der Waals surface area contributed by atoms with Crippen molar-refractivity contribution in [2.75, 3.05) is 39.3 Å². The van der Waals surface area contributed by atoms with Crippen LogP contribution in [0.5, 0.6) is 17.2 Å². The molecule has 1 aromatic carbocycles. The molecule has 1 fully saturated rings. The van der Waals surface area contributed by atoms with E-state index in [2.05, 4.69) is 15.2 Å². The molecule has 0 unspecified atom stereocenters. The van der Waals surface area contributed by atoms with Crippen LogP contribution in [-0.4, -0.2) is 51.4 Å². The summed E-state index contributed by atoms with van der Waals surface area (Å²) in [6.07, 6.45) is 3.57. The Morgan fingerprint density at radius 2 is 1.88 bits per heavy atom. The molecule has 1 N–H and O–H groups in total. The van der Waals surface area contributed by atoms with E-state index in [9.17, 15) is 4.79 Å². The molecule has 0 atom stereocenters. The van der Waals surface area contributed by atoms with Gasteiger partial charge in [-0.25, -0.2) is 4.98 Å². The molecule has 1 saturated heterocycles. The maximum atomic E-state index is 12.8. The van der Waals surface area contributed by atoms with E-state index in [1.54, 1.807) is 30.6 Å². The molecule has 7 nitrogen and oxygen atoms in total. The van der Waals surface area contributed by atoms with Crippen molar-refractivity contribution in [3.63, 3.8) is 0 Å². The van der Waals surface area contributed by atoms with Crippen LogP contribution in [0, 0.1) is 0 Å². The fraction of sp³-hybridized carbons (Fsp3) is 0.444. The summed E-state index contributed by atoms with van der Waals surface area (Å²) < 4.78 is 16.0. The monoisotopic (exact) mass is 377 g/mol. The number of nitrogens with zero attached hydrogens (tertiary/aromatic N) is 2. The average Bonchev–Trinajstić information content (AvgIpc) is 3.21. The summed E-state index contributed by atoms with van der Waals surface area (Å²) in [5, 5.41) is 6.12. The van der Waals surface area contributed by atoms with Crippen molar-refractivity contribution in [3.05, 3.63) is 29.3 Å². The summed E-state index contributed by atoms with van der Waals surface area (Å²) in [6, 6.07) is 3.53. The fourth-order valence-corrected chi connectivity index (χ4v) is 3.83. The van der Waals surface area contributed by atoms with Gasteiger partial charge in [-0.1, -0.05) is 0 Å². The highest BCUT2D eigenvalue weighted by molar-refractivity contribution is 7.13. The van der Waals surface area contributed by atoms with Gasteiger partial charge < -0.3 is 24.4 Å². The predicted molar refractivity (Wildman–Crippen MR) is 101 cm³/mol. The minimum atomic E-state index is -0.171. The minimum Gasteiger partial charge on any atom is -0.493 e. The molecule has 8 heteroatoms. The quantitative estimate of drug-likeness (QED) is 0.834. The highest BCUT2D eigenvalue weighted by Gasteiger charge is 2.25. The molecule has 1 aliphatic rings. The summed E-state index contributed by atoms with van der Waals surface area (Å²) in [7, 11) is 4.59. The number of carbonyl (C=O) groups is 1. The molecular weight excluding hydrogens is 354 g/mol. The molecule has 0 aliphatic carbocycles. The first-order valence-electron chi connectivity index (χ1n) is 8.42. The number of hydrogen-bond donors (Lipinski definition) is 1. The van der Waals surface area contributed by atoms with Crippen molar-refractivity contribution in [2.24, 2.45) is 0 Å². The van der Waals surface area contributed by atoms with Crippen molar-refractivity contribution < 1.29 is 19.0 Å². The highest BCUT2D eigenvalue weighted by atomic mass is 32.1. The van der Waals surface area contributed by atoms with E-state index in [0.29, 0.717) is 22.8 Å². The molecule has 0 radical (unpaired) electrons. The number of piperidine rings is 1. The van der Waals surface area contributed by atoms with Crippen LogP contribution in [0.3, 0.4) is 0 Å². The molecule has 1 aliphatic heterocycles. The third-order valence-electron chi connectivity index (χ3n) is 4.47. The van der Waals surface area contributed by atoms with Crippen molar-refractivity contribution in [1.29, 1.82) is 0 Å². The molecule has 0 spiro atoms. The second-order valence-electron chi connectivity index (χ2n) is 5.93. The topological polar surface area (TPSA) is 72.9 Å². The Balaban J connectivity index is 1.67. The Kier molecular flexibility index (Phi) is 5.82. The SMILES string of the molecule is COc1ccc(C(=O)NC2CCN(c3nccs3)CC2)c(OC)c1OC. The van der Waals surface area contributed by atoms with Crippen LogP contribution < -0.4 is 24.4 Å². The van der Waals surface area contributed by atoms with Crippen LogP contribution >= 0.6 is 11.3 Å². The van der Waals surface area contributed by atoms with Crippen molar-refractivity contribution in [3.8, 4) is 17.2 Å². The third kappa shape index (κ3) is 3.70. The molecule has 26 heavy (non-hydrogen) atoms. The number of benzene rings is 1. The molecule has 2 heterocycles. The zero-order valence-corrected chi connectivity index (χ0v) is 16.0. The lowest BCUT2D eigenvalue weighted by Crippen LogP contribution is -2.44. The van der Waals surface area contributed by atoms with Crippen molar-refractivity contribution >= 4 is 22.4 Å². The molecule has 140 valence electrons. The fourth-order valence-electron chi connectivity index (χ4n) is 3.13. The van der Waals surface area contributed by atoms with Gasteiger partial charge in [-0.2, -0.15) is 0 Å². The van der Waals surface area contributed by atoms with Gasteiger partial charge in [-0.3, -0.25) is 4.79 Å². The van der Waals surface area contributed by atoms with Crippen LogP contribution in [0.1, 0.15) is 23.2 Å². The van der Waals surface area contributed by atoms with Gasteiger partial charge in [0, 0.05) is 30.7 Å². The number of nitrogens with one attached hydrogen (secondary N) is 1. The van der Waals surface area contributed by atoms with Crippen LogP contribution in [-0.2, 0) is 0 Å². The normalized spacial score (nSPS) is 14.8. The first-order chi connectivity index (χ1) is 12.7. The Morgan fingerprint density at radius 1 is 1.15 bits per heavy atom. The molecule has 2 aromatic rings. The number of rotatable bonds is 6. The highest BCUT2D eigenvalue weighted by Crippen LogP contribution is 2.39. The number of thiazole rings is 1. The zero-order chi connectivity index (χ0) is 18.5. The largest absolute Gasteiger partial charge is 0.493 e. The van der Waals surface area contributed by atoms with Gasteiger partial charge in [0.2, 0.25) is 5.75 Å². The lowest BCUT2D eigenvalue weighted by molar-refractivity contribution is 0.0927. The van der Waals surface area contributed by atoms with Gasteiger partial charge in [-0.15, -0.1) is 11.3 Å². The Morgan fingerprint density at radius 3 is 2.46 bits per heavy atom. The van der Waals surface area contributed by atoms with Crippen molar-refractivity contribution in [1.82, 2.24) is 10.3 Å². The van der Waals surface area contributed by atoms with Crippen molar-refractivity contribution in [2.45, 2.75) is 18.9 Å². The number of aromatic nitrogens is 1. The van der Waals surface area contributed by atoms with E-state index in [0.717, 1.165) is 31.1 Å². The van der Waals surface area contributed by atoms with Crippen LogP contribution in [0.4, 0.5) is 5.13 Å². The summed E-state index contributed by atoms with van der Waals surface area (Å²) >= 11 is 1.64. The zero-order valence-electron chi connectivity index (χ0n) is 15.2. The smallest absolute Gasteiger partial charge is 0.255 e. The van der Waals surface area contributed by atoms with E-state index < -0.39 is 0 Å². The van der Waals surface area contributed by atoms with Gasteiger partial charge in [0.05, 0.1) is 26.9 Å². The first kappa shape index (κ1) is 18.3. The lowest BCUT2D eigenvalue weighted by Gasteiger charge is -2.32. The Bertz CT molecular complexity index is 743. The van der Waals surface area contributed by atoms with E-state index >= 15 is 0 Å². The summed E-state index contributed by atoms with van der Waals surface area (Å²) in [6.45, 7) is 1.75. The minimum absolute atomic E-state index is 0.122. The molecule has 1 amide bonds. The van der Waals surface area contributed by atoms with Crippen LogP contribution in [0.15, 0.2) is 23.7 Å². The maximum Gasteiger partial charge on any atom is 0.255 e. The summed E-state index contributed by atoms with van der Waals surface area (Å²) in [4.78, 5) is 19.4. The number of carbonyl (C=O) groups excluding carboxylic acids is 1. The van der Waals surface area contributed by atoms with Gasteiger partial charge in [0.25, 0.3) is 5.91 Å². The Hall–Kier alpha value is -2.48. The average molecular weight is 377 g/mol.